The summed E-state index contributed by atoms with van der Waals surface area (Å²) in [4.78, 5) is 12.4. The second kappa shape index (κ2) is 6.41. The standard InChI is InChI=1S/C19H28N2O/c1-14-6-5-7-17(10-14)19(8-3-4-9-19)13-21-18(22)15(2)16-11-20-12-16/h5-7,10,15-16,20H,3-4,8-9,11-13H2,1-2H3,(H,21,22). The molecule has 1 unspecified atom stereocenters. The van der Waals surface area contributed by atoms with E-state index in [-0.39, 0.29) is 17.2 Å². The van der Waals surface area contributed by atoms with Crippen LogP contribution in [0.25, 0.3) is 0 Å². The summed E-state index contributed by atoms with van der Waals surface area (Å²) in [5.41, 5.74) is 2.87. The van der Waals surface area contributed by atoms with Gasteiger partial charge in [-0.1, -0.05) is 49.6 Å². The van der Waals surface area contributed by atoms with E-state index in [2.05, 4.69) is 48.7 Å². The van der Waals surface area contributed by atoms with Crippen molar-refractivity contribution in [2.75, 3.05) is 19.6 Å². The van der Waals surface area contributed by atoms with Gasteiger partial charge in [-0.3, -0.25) is 4.79 Å². The lowest BCUT2D eigenvalue weighted by Gasteiger charge is -2.34. The molecule has 1 atom stereocenters. The average molecular weight is 300 g/mol. The van der Waals surface area contributed by atoms with Gasteiger partial charge in [0.15, 0.2) is 0 Å². The van der Waals surface area contributed by atoms with Crippen molar-refractivity contribution >= 4 is 5.91 Å². The van der Waals surface area contributed by atoms with Gasteiger partial charge in [0.25, 0.3) is 0 Å². The molecule has 1 amide bonds. The van der Waals surface area contributed by atoms with E-state index in [1.807, 2.05) is 0 Å². The largest absolute Gasteiger partial charge is 0.355 e. The molecule has 1 saturated carbocycles. The molecule has 1 aliphatic carbocycles. The van der Waals surface area contributed by atoms with Crippen LogP contribution in [-0.4, -0.2) is 25.5 Å². The predicted molar refractivity (Wildman–Crippen MR) is 89.9 cm³/mol. The summed E-state index contributed by atoms with van der Waals surface area (Å²) in [6, 6.07) is 8.84. The summed E-state index contributed by atoms with van der Waals surface area (Å²) in [6.45, 7) is 6.97. The fourth-order valence-electron chi connectivity index (χ4n) is 3.89. The van der Waals surface area contributed by atoms with Crippen molar-refractivity contribution in [3.8, 4) is 0 Å². The quantitative estimate of drug-likeness (QED) is 0.878. The summed E-state index contributed by atoms with van der Waals surface area (Å²) in [5.74, 6) is 0.862. The van der Waals surface area contributed by atoms with Crippen LogP contribution in [0, 0.1) is 18.8 Å². The van der Waals surface area contributed by atoms with Crippen molar-refractivity contribution in [2.45, 2.75) is 44.9 Å². The van der Waals surface area contributed by atoms with Crippen molar-refractivity contribution in [2.24, 2.45) is 11.8 Å². The maximum absolute atomic E-state index is 12.4. The molecule has 1 aliphatic heterocycles. The highest BCUT2D eigenvalue weighted by molar-refractivity contribution is 5.78. The minimum Gasteiger partial charge on any atom is -0.355 e. The van der Waals surface area contributed by atoms with Crippen LogP contribution in [0.2, 0.25) is 0 Å². The van der Waals surface area contributed by atoms with Gasteiger partial charge in [0.2, 0.25) is 5.91 Å². The third-order valence-electron chi connectivity index (χ3n) is 5.73. The van der Waals surface area contributed by atoms with Gasteiger partial charge in [0, 0.05) is 17.9 Å². The first-order valence-corrected chi connectivity index (χ1v) is 8.66. The van der Waals surface area contributed by atoms with Crippen molar-refractivity contribution in [1.29, 1.82) is 0 Å². The van der Waals surface area contributed by atoms with Crippen LogP contribution < -0.4 is 10.6 Å². The number of carbonyl (C=O) groups excluding carboxylic acids is 1. The van der Waals surface area contributed by atoms with E-state index in [1.165, 1.54) is 36.8 Å². The van der Waals surface area contributed by atoms with E-state index in [9.17, 15) is 4.79 Å². The number of hydrogen-bond donors (Lipinski definition) is 2. The first-order valence-electron chi connectivity index (χ1n) is 8.66. The normalized spacial score (nSPS) is 22.1. The Morgan fingerprint density at radius 2 is 2.09 bits per heavy atom. The van der Waals surface area contributed by atoms with Gasteiger partial charge in [-0.15, -0.1) is 0 Å². The fraction of sp³-hybridized carbons (Fsp3) is 0.632. The highest BCUT2D eigenvalue weighted by atomic mass is 16.1. The van der Waals surface area contributed by atoms with Crippen LogP contribution in [-0.2, 0) is 10.2 Å². The topological polar surface area (TPSA) is 41.1 Å². The Morgan fingerprint density at radius 3 is 2.68 bits per heavy atom. The molecule has 2 aliphatic rings. The minimum atomic E-state index is 0.122. The van der Waals surface area contributed by atoms with E-state index in [1.54, 1.807) is 0 Å². The summed E-state index contributed by atoms with van der Waals surface area (Å²) < 4.78 is 0. The predicted octanol–water partition coefficient (Wildman–Crippen LogP) is 2.78. The molecule has 2 N–H and O–H groups in total. The van der Waals surface area contributed by atoms with Crippen molar-refractivity contribution < 1.29 is 4.79 Å². The van der Waals surface area contributed by atoms with Crippen molar-refractivity contribution in [3.63, 3.8) is 0 Å². The monoisotopic (exact) mass is 300 g/mol. The van der Waals surface area contributed by atoms with E-state index in [0.29, 0.717) is 5.92 Å². The Kier molecular flexibility index (Phi) is 4.53. The van der Waals surface area contributed by atoms with E-state index in [0.717, 1.165) is 19.6 Å². The van der Waals surface area contributed by atoms with E-state index < -0.39 is 0 Å². The van der Waals surface area contributed by atoms with Crippen LogP contribution in [0.15, 0.2) is 24.3 Å². The molecule has 1 saturated heterocycles. The molecule has 22 heavy (non-hydrogen) atoms. The smallest absolute Gasteiger partial charge is 0.223 e. The number of hydrogen-bond acceptors (Lipinski definition) is 2. The first-order chi connectivity index (χ1) is 10.6. The van der Waals surface area contributed by atoms with Crippen LogP contribution in [0.1, 0.15) is 43.7 Å². The van der Waals surface area contributed by atoms with Crippen LogP contribution in [0.5, 0.6) is 0 Å². The molecule has 0 spiro atoms. The molecule has 3 rings (SSSR count). The van der Waals surface area contributed by atoms with Gasteiger partial charge in [-0.25, -0.2) is 0 Å². The van der Waals surface area contributed by atoms with E-state index >= 15 is 0 Å². The van der Waals surface area contributed by atoms with Gasteiger partial charge in [0.1, 0.15) is 0 Å². The zero-order valence-electron chi connectivity index (χ0n) is 13.8. The van der Waals surface area contributed by atoms with E-state index in [4.69, 9.17) is 0 Å². The molecule has 0 aromatic heterocycles. The van der Waals surface area contributed by atoms with Crippen LogP contribution in [0.3, 0.4) is 0 Å². The molecule has 120 valence electrons. The molecule has 3 heteroatoms. The molecule has 2 fully saturated rings. The number of aryl methyl sites for hydroxylation is 1. The summed E-state index contributed by atoms with van der Waals surface area (Å²) in [6.07, 6.45) is 4.92. The molecular weight excluding hydrogens is 272 g/mol. The SMILES string of the molecule is Cc1cccc(C2(CNC(=O)C(C)C3CNC3)CCCC2)c1. The third-order valence-corrected chi connectivity index (χ3v) is 5.73. The number of carbonyl (C=O) groups is 1. The lowest BCUT2D eigenvalue weighted by molar-refractivity contribution is -0.127. The molecule has 1 heterocycles. The summed E-state index contributed by atoms with van der Waals surface area (Å²) in [5, 5.41) is 6.52. The number of rotatable bonds is 5. The fourth-order valence-corrected chi connectivity index (χ4v) is 3.89. The van der Waals surface area contributed by atoms with Crippen LogP contribution in [0.4, 0.5) is 0 Å². The second-order valence-electron chi connectivity index (χ2n) is 7.28. The highest BCUT2D eigenvalue weighted by Gasteiger charge is 2.37. The maximum atomic E-state index is 12.4. The Labute approximate surface area is 133 Å². The molecule has 1 aromatic carbocycles. The molecule has 3 nitrogen and oxygen atoms in total. The Hall–Kier alpha value is -1.35. The Bertz CT molecular complexity index is 530. The van der Waals surface area contributed by atoms with Crippen LogP contribution >= 0.6 is 0 Å². The number of benzene rings is 1. The third kappa shape index (κ3) is 3.05. The molecule has 1 aromatic rings. The lowest BCUT2D eigenvalue weighted by Crippen LogP contribution is -2.51. The average Bonchev–Trinajstić information content (AvgIpc) is 2.93. The highest BCUT2D eigenvalue weighted by Crippen LogP contribution is 2.41. The van der Waals surface area contributed by atoms with Gasteiger partial charge in [0.05, 0.1) is 0 Å². The molecular formula is C19H28N2O. The van der Waals surface area contributed by atoms with Gasteiger partial charge in [-0.05, 0) is 44.3 Å². The summed E-state index contributed by atoms with van der Waals surface area (Å²) >= 11 is 0. The summed E-state index contributed by atoms with van der Waals surface area (Å²) in [7, 11) is 0. The molecule has 0 radical (unpaired) electrons. The first kappa shape index (κ1) is 15.5. The Balaban J connectivity index is 1.68. The minimum absolute atomic E-state index is 0.122. The zero-order valence-corrected chi connectivity index (χ0v) is 13.8. The second-order valence-corrected chi connectivity index (χ2v) is 7.28. The zero-order chi connectivity index (χ0) is 15.6. The van der Waals surface area contributed by atoms with Crippen molar-refractivity contribution in [1.82, 2.24) is 10.6 Å². The molecule has 0 bridgehead atoms. The lowest BCUT2D eigenvalue weighted by atomic mass is 9.78. The Morgan fingerprint density at radius 1 is 1.36 bits per heavy atom. The van der Waals surface area contributed by atoms with Gasteiger partial charge < -0.3 is 10.6 Å². The number of nitrogens with one attached hydrogen (secondary N) is 2. The van der Waals surface area contributed by atoms with Gasteiger partial charge >= 0.3 is 0 Å². The van der Waals surface area contributed by atoms with Crippen molar-refractivity contribution in [3.05, 3.63) is 35.4 Å². The maximum Gasteiger partial charge on any atom is 0.223 e. The number of amides is 1. The van der Waals surface area contributed by atoms with Gasteiger partial charge in [-0.2, -0.15) is 0 Å².